The second-order valence-corrected chi connectivity index (χ2v) is 10.4. The lowest BCUT2D eigenvalue weighted by atomic mass is 10.2. The first kappa shape index (κ1) is 27.1. The van der Waals surface area contributed by atoms with E-state index < -0.39 is 17.6 Å². The van der Waals surface area contributed by atoms with Crippen LogP contribution in [0.1, 0.15) is 69.7 Å². The van der Waals surface area contributed by atoms with Gasteiger partial charge in [-0.15, -0.1) is 0 Å². The molecule has 0 bridgehead atoms. The van der Waals surface area contributed by atoms with Gasteiger partial charge in [0, 0.05) is 19.3 Å². The largest absolute Gasteiger partial charge is 0.473 e. The van der Waals surface area contributed by atoms with Crippen molar-refractivity contribution in [3.05, 3.63) is 36.2 Å². The number of rotatable bonds is 6. The van der Waals surface area contributed by atoms with Crippen molar-refractivity contribution in [3.8, 4) is 5.88 Å². The van der Waals surface area contributed by atoms with Gasteiger partial charge in [0.15, 0.2) is 5.65 Å². The molecule has 5 rings (SSSR count). The minimum absolute atomic E-state index is 0.0463. The van der Waals surface area contributed by atoms with Crippen molar-refractivity contribution < 1.29 is 24.2 Å². The van der Waals surface area contributed by atoms with Gasteiger partial charge in [-0.1, -0.05) is 12.8 Å². The summed E-state index contributed by atoms with van der Waals surface area (Å²) in [5, 5.41) is 16.1. The first-order valence-electron chi connectivity index (χ1n) is 12.7. The van der Waals surface area contributed by atoms with E-state index >= 15 is 0 Å². The van der Waals surface area contributed by atoms with Gasteiger partial charge in [0.1, 0.15) is 34.6 Å². The molecule has 12 heteroatoms. The molecule has 2 aliphatic rings. The van der Waals surface area contributed by atoms with Crippen molar-refractivity contribution in [1.29, 1.82) is 0 Å². The third-order valence-corrected chi connectivity index (χ3v) is 5.89. The number of carbonyl (C=O) groups excluding carboxylic acids is 2. The van der Waals surface area contributed by atoms with Crippen molar-refractivity contribution in [2.45, 2.75) is 77.1 Å². The molecule has 2 fully saturated rings. The summed E-state index contributed by atoms with van der Waals surface area (Å²) in [6.07, 6.45) is 9.10. The van der Waals surface area contributed by atoms with Crippen LogP contribution in [-0.4, -0.2) is 61.5 Å². The number of anilines is 3. The van der Waals surface area contributed by atoms with Crippen LogP contribution in [0.15, 0.2) is 30.6 Å². The van der Waals surface area contributed by atoms with Gasteiger partial charge in [0.05, 0.1) is 12.3 Å². The molecule has 2 amide bonds. The summed E-state index contributed by atoms with van der Waals surface area (Å²) in [5.41, 5.74) is 5.72. The Morgan fingerprint density at radius 1 is 1.21 bits per heavy atom. The molecule has 0 aliphatic heterocycles. The molecule has 0 unspecified atom stereocenters. The Morgan fingerprint density at radius 2 is 1.92 bits per heavy atom. The molecule has 0 saturated heterocycles. The van der Waals surface area contributed by atoms with Crippen LogP contribution >= 0.6 is 0 Å². The Bertz CT molecular complexity index is 1290. The van der Waals surface area contributed by atoms with Gasteiger partial charge in [-0.25, -0.2) is 14.8 Å². The zero-order valence-electron chi connectivity index (χ0n) is 22.2. The van der Waals surface area contributed by atoms with Crippen molar-refractivity contribution in [1.82, 2.24) is 19.6 Å². The fourth-order valence-electron chi connectivity index (χ4n) is 3.81. The lowest BCUT2D eigenvalue weighted by Gasteiger charge is -2.25. The third-order valence-electron chi connectivity index (χ3n) is 5.89. The number of nitrogens with one attached hydrogen (secondary N) is 1. The number of ether oxygens (including phenoxy) is 2. The number of aliphatic hydroxyl groups is 1. The predicted molar refractivity (Wildman–Crippen MR) is 142 cm³/mol. The molecule has 12 nitrogen and oxygen atoms in total. The summed E-state index contributed by atoms with van der Waals surface area (Å²) >= 11 is 0. The summed E-state index contributed by atoms with van der Waals surface area (Å²) in [7, 11) is 1.55. The molecule has 0 atom stereocenters. The fourth-order valence-corrected chi connectivity index (χ4v) is 3.81. The standard InChI is InChI=1S/C21H25N7O4.C5H10O/c1-21(2,3)32-20(30)27(4)16-10-15(26-18-13(17(22)29)11-24-28(16)18)25-14-6-5-9-23-19(14)31-12-7-8-12;6-5-3-1-2-4-5/h5-6,9-12H,7-8H2,1-4H3,(H2,22,29)(H,25,26);5-6H,1-4H2. The van der Waals surface area contributed by atoms with E-state index in [1.54, 1.807) is 52.2 Å². The Labute approximate surface area is 221 Å². The van der Waals surface area contributed by atoms with Crippen molar-refractivity contribution >= 4 is 35.0 Å². The average Bonchev–Trinajstić information content (AvgIpc) is 3.34. The first-order valence-corrected chi connectivity index (χ1v) is 12.7. The molecule has 0 radical (unpaired) electrons. The van der Waals surface area contributed by atoms with E-state index in [0.717, 1.165) is 25.7 Å². The number of aliphatic hydroxyl groups excluding tert-OH is 1. The number of aromatic nitrogens is 4. The van der Waals surface area contributed by atoms with Crippen molar-refractivity contribution in [2.75, 3.05) is 17.3 Å². The number of pyridine rings is 1. The number of primary amides is 1. The molecule has 4 N–H and O–H groups in total. The maximum absolute atomic E-state index is 12.7. The minimum atomic E-state index is -0.689. The van der Waals surface area contributed by atoms with Crippen LogP contribution in [0.5, 0.6) is 5.88 Å². The zero-order valence-corrected chi connectivity index (χ0v) is 22.2. The summed E-state index contributed by atoms with van der Waals surface area (Å²) in [4.78, 5) is 34.7. The first-order chi connectivity index (χ1) is 18.0. The number of amides is 2. The van der Waals surface area contributed by atoms with Crippen LogP contribution in [0.25, 0.3) is 5.65 Å². The van der Waals surface area contributed by atoms with Crippen LogP contribution in [0.3, 0.4) is 0 Å². The number of hydrogen-bond acceptors (Lipinski definition) is 9. The van der Waals surface area contributed by atoms with E-state index in [-0.39, 0.29) is 23.4 Å². The van der Waals surface area contributed by atoms with Crippen LogP contribution < -0.4 is 20.7 Å². The molecular weight excluding hydrogens is 490 g/mol. The van der Waals surface area contributed by atoms with E-state index in [2.05, 4.69) is 20.4 Å². The highest BCUT2D eigenvalue weighted by Gasteiger charge is 2.27. The van der Waals surface area contributed by atoms with Gasteiger partial charge >= 0.3 is 6.09 Å². The summed E-state index contributed by atoms with van der Waals surface area (Å²) in [6.45, 7) is 5.32. The third kappa shape index (κ3) is 6.88. The topological polar surface area (TPSA) is 157 Å². The Morgan fingerprint density at radius 3 is 2.50 bits per heavy atom. The smallest absolute Gasteiger partial charge is 0.415 e. The molecular formula is C26H35N7O5. The molecule has 3 aromatic heterocycles. The maximum Gasteiger partial charge on any atom is 0.415 e. The number of nitrogens with zero attached hydrogens (tertiary/aromatic N) is 5. The number of carbonyl (C=O) groups is 2. The average molecular weight is 526 g/mol. The zero-order chi connectivity index (χ0) is 27.4. The van der Waals surface area contributed by atoms with Gasteiger partial charge in [0.25, 0.3) is 5.91 Å². The summed E-state index contributed by atoms with van der Waals surface area (Å²) in [6, 6.07) is 5.18. The second-order valence-electron chi connectivity index (χ2n) is 10.4. The summed E-state index contributed by atoms with van der Waals surface area (Å²) < 4.78 is 12.7. The molecule has 3 aromatic rings. The molecule has 204 valence electrons. The van der Waals surface area contributed by atoms with E-state index in [0.29, 0.717) is 23.2 Å². The van der Waals surface area contributed by atoms with Crippen LogP contribution in [0.2, 0.25) is 0 Å². The highest BCUT2D eigenvalue weighted by Crippen LogP contribution is 2.32. The predicted octanol–water partition coefficient (Wildman–Crippen LogP) is 3.80. The van der Waals surface area contributed by atoms with Crippen molar-refractivity contribution in [3.63, 3.8) is 0 Å². The Balaban J connectivity index is 0.000000494. The fraction of sp³-hybridized carbons (Fsp3) is 0.500. The molecule has 0 aromatic carbocycles. The molecule has 38 heavy (non-hydrogen) atoms. The Hall–Kier alpha value is -3.93. The second kappa shape index (κ2) is 11.2. The quantitative estimate of drug-likeness (QED) is 0.435. The number of fused-ring (bicyclic) bond motifs is 1. The highest BCUT2D eigenvalue weighted by atomic mass is 16.6. The van der Waals surface area contributed by atoms with Crippen LogP contribution in [-0.2, 0) is 4.74 Å². The molecule has 0 spiro atoms. The van der Waals surface area contributed by atoms with Gasteiger partial charge in [-0.3, -0.25) is 9.69 Å². The lowest BCUT2D eigenvalue weighted by Crippen LogP contribution is -2.35. The molecule has 2 aliphatic carbocycles. The van der Waals surface area contributed by atoms with Gasteiger partial charge in [-0.2, -0.15) is 9.61 Å². The van der Waals surface area contributed by atoms with E-state index in [1.165, 1.54) is 28.5 Å². The van der Waals surface area contributed by atoms with Gasteiger partial charge in [0.2, 0.25) is 5.88 Å². The number of hydrogen-bond donors (Lipinski definition) is 3. The monoisotopic (exact) mass is 525 g/mol. The van der Waals surface area contributed by atoms with Crippen LogP contribution in [0, 0.1) is 0 Å². The minimum Gasteiger partial charge on any atom is -0.473 e. The van der Waals surface area contributed by atoms with E-state index in [1.807, 2.05) is 0 Å². The Kier molecular flexibility index (Phi) is 8.00. The SMILES string of the molecule is CN(C(=O)OC(C)(C)C)c1cc(Nc2cccnc2OC2CC2)nc2c(C(N)=O)cnn12.OC1CCCC1. The van der Waals surface area contributed by atoms with E-state index in [4.69, 9.17) is 20.3 Å². The van der Waals surface area contributed by atoms with Gasteiger partial charge in [-0.05, 0) is 58.6 Å². The maximum atomic E-state index is 12.7. The van der Waals surface area contributed by atoms with Gasteiger partial charge < -0.3 is 25.6 Å². The highest BCUT2D eigenvalue weighted by molar-refractivity contribution is 5.99. The number of nitrogens with two attached hydrogens (primary N) is 1. The van der Waals surface area contributed by atoms with Crippen LogP contribution in [0.4, 0.5) is 22.1 Å². The normalized spacial score (nSPS) is 15.5. The van der Waals surface area contributed by atoms with Crippen molar-refractivity contribution in [2.24, 2.45) is 5.73 Å². The molecule has 3 heterocycles. The molecule has 2 saturated carbocycles. The summed E-state index contributed by atoms with van der Waals surface area (Å²) in [5.74, 6) is 0.435. The lowest BCUT2D eigenvalue weighted by molar-refractivity contribution is 0.0587. The van der Waals surface area contributed by atoms with E-state index in [9.17, 15) is 9.59 Å².